The van der Waals surface area contributed by atoms with Gasteiger partial charge < -0.3 is 14.0 Å². The van der Waals surface area contributed by atoms with Crippen LogP contribution >= 0.6 is 0 Å². The van der Waals surface area contributed by atoms with Crippen molar-refractivity contribution in [3.05, 3.63) is 66.3 Å². The molecule has 0 saturated carbocycles. The topological polar surface area (TPSA) is 91.5 Å². The number of benzene rings is 2. The van der Waals surface area contributed by atoms with Crippen LogP contribution in [0.25, 0.3) is 0 Å². The zero-order valence-corrected chi connectivity index (χ0v) is 14.6. The Hall–Kier alpha value is -2.87. The summed E-state index contributed by atoms with van der Waals surface area (Å²) in [6.45, 7) is 0.251. The molecule has 7 nitrogen and oxygen atoms in total. The zero-order chi connectivity index (χ0) is 18.0. The second-order valence-electron chi connectivity index (χ2n) is 5.79. The van der Waals surface area contributed by atoms with Gasteiger partial charge in [-0.2, -0.15) is 4.98 Å². The van der Waals surface area contributed by atoms with Crippen molar-refractivity contribution < 1.29 is 22.4 Å². The molecule has 0 bridgehead atoms. The van der Waals surface area contributed by atoms with E-state index in [2.05, 4.69) is 10.1 Å². The van der Waals surface area contributed by atoms with Crippen LogP contribution in [-0.2, 0) is 16.3 Å². The molecule has 1 aromatic heterocycles. The second-order valence-corrected chi connectivity index (χ2v) is 7.90. The highest BCUT2D eigenvalue weighted by atomic mass is 32.2. The van der Waals surface area contributed by atoms with E-state index in [1.807, 2.05) is 18.2 Å². The fourth-order valence-electron chi connectivity index (χ4n) is 2.61. The van der Waals surface area contributed by atoms with Gasteiger partial charge in [0.1, 0.15) is 6.61 Å². The van der Waals surface area contributed by atoms with Gasteiger partial charge >= 0.3 is 0 Å². The van der Waals surface area contributed by atoms with Gasteiger partial charge in [-0.1, -0.05) is 35.5 Å². The minimum Gasteiger partial charge on any atom is -0.485 e. The summed E-state index contributed by atoms with van der Waals surface area (Å²) < 4.78 is 41.3. The molecule has 4 rings (SSSR count). The molecule has 0 unspecified atom stereocenters. The van der Waals surface area contributed by atoms with E-state index in [-0.39, 0.29) is 29.6 Å². The van der Waals surface area contributed by atoms with Crippen molar-refractivity contribution in [1.29, 1.82) is 0 Å². The summed E-state index contributed by atoms with van der Waals surface area (Å²) in [7, 11) is -3.39. The van der Waals surface area contributed by atoms with E-state index in [0.717, 1.165) is 0 Å². The van der Waals surface area contributed by atoms with Crippen molar-refractivity contribution in [2.75, 3.05) is 12.4 Å². The predicted octanol–water partition coefficient (Wildman–Crippen LogP) is 2.60. The van der Waals surface area contributed by atoms with Crippen LogP contribution in [0.3, 0.4) is 0 Å². The van der Waals surface area contributed by atoms with Crippen LogP contribution in [-0.4, -0.2) is 30.9 Å². The molecule has 0 radical (unpaired) electrons. The number of hydrogen-bond acceptors (Lipinski definition) is 7. The van der Waals surface area contributed by atoms with Gasteiger partial charge in [0.2, 0.25) is 6.10 Å². The van der Waals surface area contributed by atoms with Gasteiger partial charge in [-0.3, -0.25) is 0 Å². The van der Waals surface area contributed by atoms with E-state index in [1.165, 1.54) is 0 Å². The molecule has 0 amide bonds. The van der Waals surface area contributed by atoms with Crippen LogP contribution in [0.2, 0.25) is 0 Å². The lowest BCUT2D eigenvalue weighted by atomic mass is 10.2. The molecule has 134 valence electrons. The summed E-state index contributed by atoms with van der Waals surface area (Å²) in [6.07, 6.45) is -0.359. The van der Waals surface area contributed by atoms with Crippen LogP contribution in [0, 0.1) is 0 Å². The van der Waals surface area contributed by atoms with Gasteiger partial charge in [0.25, 0.3) is 5.89 Å². The van der Waals surface area contributed by atoms with Crippen molar-refractivity contribution in [1.82, 2.24) is 10.1 Å². The maximum absolute atomic E-state index is 12.3. The SMILES string of the molecule is O=S(=O)(CCc1noc([C@@H]2COc3ccccc3O2)n1)c1ccccc1. The number of para-hydroxylation sites is 2. The van der Waals surface area contributed by atoms with Gasteiger partial charge in [-0.05, 0) is 24.3 Å². The number of hydrogen-bond donors (Lipinski definition) is 0. The van der Waals surface area contributed by atoms with Crippen molar-refractivity contribution in [2.24, 2.45) is 0 Å². The van der Waals surface area contributed by atoms with Gasteiger partial charge in [-0.25, -0.2) is 8.42 Å². The number of sulfone groups is 1. The minimum absolute atomic E-state index is 0.0964. The molecule has 1 atom stereocenters. The Labute approximate surface area is 150 Å². The maximum atomic E-state index is 12.3. The Balaban J connectivity index is 1.43. The average molecular weight is 372 g/mol. The smallest absolute Gasteiger partial charge is 0.271 e. The summed E-state index contributed by atoms with van der Waals surface area (Å²) in [5.74, 6) is 1.77. The molecular formula is C18H16N2O5S. The lowest BCUT2D eigenvalue weighted by Crippen LogP contribution is -2.21. The Morgan fingerprint density at radius 1 is 1.00 bits per heavy atom. The van der Waals surface area contributed by atoms with Crippen molar-refractivity contribution in [2.45, 2.75) is 17.4 Å². The Bertz CT molecular complexity index is 1000. The number of ether oxygens (including phenoxy) is 2. The first kappa shape index (κ1) is 16.6. The number of aromatic nitrogens is 2. The third-order valence-electron chi connectivity index (χ3n) is 3.96. The van der Waals surface area contributed by atoms with Crippen LogP contribution in [0.15, 0.2) is 64.0 Å². The number of nitrogens with zero attached hydrogens (tertiary/aromatic N) is 2. The van der Waals surface area contributed by atoms with Crippen molar-refractivity contribution in [3.63, 3.8) is 0 Å². The monoisotopic (exact) mass is 372 g/mol. The molecule has 1 aliphatic rings. The Kier molecular flexibility index (Phi) is 4.34. The molecule has 8 heteroatoms. The highest BCUT2D eigenvalue weighted by Gasteiger charge is 2.27. The number of rotatable bonds is 5. The standard InChI is InChI=1S/C18H16N2O5S/c21-26(22,13-6-2-1-3-7-13)11-10-17-19-18(25-20-17)16-12-23-14-8-4-5-9-15(14)24-16/h1-9,16H,10-12H2/t16-/m0/s1. The summed E-state index contributed by atoms with van der Waals surface area (Å²) in [5.41, 5.74) is 0. The van der Waals surface area contributed by atoms with E-state index in [0.29, 0.717) is 17.3 Å². The summed E-state index contributed by atoms with van der Waals surface area (Å²) >= 11 is 0. The Morgan fingerprint density at radius 2 is 1.73 bits per heavy atom. The number of aryl methyl sites for hydroxylation is 1. The molecule has 1 aliphatic heterocycles. The molecule has 0 aliphatic carbocycles. The maximum Gasteiger partial charge on any atom is 0.271 e. The Morgan fingerprint density at radius 3 is 2.54 bits per heavy atom. The molecule has 0 N–H and O–H groups in total. The average Bonchev–Trinajstić information content (AvgIpc) is 3.16. The van der Waals surface area contributed by atoms with Crippen molar-refractivity contribution >= 4 is 9.84 Å². The highest BCUT2D eigenvalue weighted by molar-refractivity contribution is 7.91. The van der Waals surface area contributed by atoms with E-state index >= 15 is 0 Å². The van der Waals surface area contributed by atoms with Gasteiger partial charge in [0.05, 0.1) is 10.6 Å². The summed E-state index contributed by atoms with van der Waals surface area (Å²) in [5, 5.41) is 3.86. The van der Waals surface area contributed by atoms with E-state index in [1.54, 1.807) is 36.4 Å². The first-order valence-electron chi connectivity index (χ1n) is 8.10. The predicted molar refractivity (Wildman–Crippen MR) is 91.8 cm³/mol. The van der Waals surface area contributed by atoms with Crippen LogP contribution < -0.4 is 9.47 Å². The fraction of sp³-hybridized carbons (Fsp3) is 0.222. The van der Waals surface area contributed by atoms with E-state index in [9.17, 15) is 8.42 Å². The minimum atomic E-state index is -3.39. The molecule has 0 fully saturated rings. The molecule has 2 aromatic carbocycles. The number of fused-ring (bicyclic) bond motifs is 1. The molecule has 2 heterocycles. The second kappa shape index (κ2) is 6.80. The van der Waals surface area contributed by atoms with Gasteiger partial charge in [-0.15, -0.1) is 0 Å². The largest absolute Gasteiger partial charge is 0.485 e. The summed E-state index contributed by atoms with van der Waals surface area (Å²) in [4.78, 5) is 4.54. The van der Waals surface area contributed by atoms with Gasteiger partial charge in [0, 0.05) is 6.42 Å². The summed E-state index contributed by atoms with van der Waals surface area (Å²) in [6, 6.07) is 15.6. The zero-order valence-electron chi connectivity index (χ0n) is 13.7. The van der Waals surface area contributed by atoms with E-state index in [4.69, 9.17) is 14.0 Å². The molecule has 0 spiro atoms. The molecule has 0 saturated heterocycles. The molecule has 3 aromatic rings. The highest BCUT2D eigenvalue weighted by Crippen LogP contribution is 2.35. The lowest BCUT2D eigenvalue weighted by Gasteiger charge is -2.23. The van der Waals surface area contributed by atoms with Gasteiger partial charge in [0.15, 0.2) is 27.2 Å². The van der Waals surface area contributed by atoms with Crippen LogP contribution in [0.4, 0.5) is 0 Å². The van der Waals surface area contributed by atoms with Crippen molar-refractivity contribution in [3.8, 4) is 11.5 Å². The first-order valence-corrected chi connectivity index (χ1v) is 9.76. The molecule has 26 heavy (non-hydrogen) atoms. The fourth-order valence-corrected chi connectivity index (χ4v) is 3.87. The quantitative estimate of drug-likeness (QED) is 0.680. The lowest BCUT2D eigenvalue weighted by molar-refractivity contribution is 0.0665. The molecular weight excluding hydrogens is 356 g/mol. The van der Waals surface area contributed by atoms with Crippen LogP contribution in [0.5, 0.6) is 11.5 Å². The normalized spacial score (nSPS) is 16.4. The third-order valence-corrected chi connectivity index (χ3v) is 5.70. The third kappa shape index (κ3) is 3.41. The van der Waals surface area contributed by atoms with Crippen LogP contribution in [0.1, 0.15) is 17.8 Å². The van der Waals surface area contributed by atoms with E-state index < -0.39 is 15.9 Å². The first-order chi connectivity index (χ1) is 12.6.